The standard InChI is InChI=1S/C5H4F3NO/c6-5(7,8)4(10)1-2-9-3-4/h1-3,10H. The third-order valence-corrected chi connectivity index (χ3v) is 1.14. The molecule has 0 aliphatic carbocycles. The molecule has 0 fully saturated rings. The number of hydrogen-bond acceptors (Lipinski definition) is 2. The van der Waals surface area contributed by atoms with Gasteiger partial charge in [-0.1, -0.05) is 0 Å². The van der Waals surface area contributed by atoms with E-state index in [1.54, 1.807) is 0 Å². The molecule has 1 atom stereocenters. The summed E-state index contributed by atoms with van der Waals surface area (Å²) in [5.41, 5.74) is -2.84. The molecule has 0 spiro atoms. The Labute approximate surface area is 54.7 Å². The van der Waals surface area contributed by atoms with Crippen LogP contribution in [0.2, 0.25) is 0 Å². The maximum Gasteiger partial charge on any atom is 0.426 e. The number of rotatable bonds is 0. The molecule has 1 aliphatic heterocycles. The minimum Gasteiger partial charge on any atom is -0.372 e. The van der Waals surface area contributed by atoms with Crippen LogP contribution in [-0.2, 0) is 0 Å². The second-order valence-electron chi connectivity index (χ2n) is 1.92. The molecule has 1 N–H and O–H groups in total. The van der Waals surface area contributed by atoms with Crippen LogP contribution in [0.1, 0.15) is 0 Å². The van der Waals surface area contributed by atoms with Gasteiger partial charge < -0.3 is 5.11 Å². The highest BCUT2D eigenvalue weighted by Gasteiger charge is 2.52. The summed E-state index contributed by atoms with van der Waals surface area (Å²) in [4.78, 5) is 3.13. The van der Waals surface area contributed by atoms with Crippen molar-refractivity contribution in [3.05, 3.63) is 12.3 Å². The maximum atomic E-state index is 11.8. The first kappa shape index (κ1) is 7.27. The van der Waals surface area contributed by atoms with Gasteiger partial charge in [-0.15, -0.1) is 0 Å². The molecule has 0 amide bonds. The van der Waals surface area contributed by atoms with Crippen molar-refractivity contribution >= 4 is 6.21 Å². The molecule has 1 heterocycles. The molecule has 0 aromatic carbocycles. The van der Waals surface area contributed by atoms with Gasteiger partial charge in [0.15, 0.2) is 0 Å². The Morgan fingerprint density at radius 3 is 2.20 bits per heavy atom. The summed E-state index contributed by atoms with van der Waals surface area (Å²) in [5, 5.41) is 8.67. The quantitative estimate of drug-likeness (QED) is 0.547. The normalized spacial score (nSPS) is 31.6. The van der Waals surface area contributed by atoms with E-state index in [1.807, 2.05) is 0 Å². The number of aliphatic hydroxyl groups is 1. The molecule has 1 aliphatic rings. The maximum absolute atomic E-state index is 11.8. The number of halogens is 3. The fraction of sp³-hybridized carbons (Fsp3) is 0.400. The average molecular weight is 151 g/mol. The fourth-order valence-corrected chi connectivity index (χ4v) is 0.524. The highest BCUT2D eigenvalue weighted by atomic mass is 19.4. The SMILES string of the molecule is OC1(C(F)(F)F)C=CN=C1. The number of alkyl halides is 3. The van der Waals surface area contributed by atoms with Crippen molar-refractivity contribution in [3.8, 4) is 0 Å². The van der Waals surface area contributed by atoms with E-state index in [0.717, 1.165) is 6.20 Å². The smallest absolute Gasteiger partial charge is 0.372 e. The van der Waals surface area contributed by atoms with Crippen molar-refractivity contribution in [1.29, 1.82) is 0 Å². The van der Waals surface area contributed by atoms with Gasteiger partial charge in [-0.25, -0.2) is 0 Å². The molecule has 1 unspecified atom stereocenters. The molecular weight excluding hydrogens is 147 g/mol. The highest BCUT2D eigenvalue weighted by molar-refractivity contribution is 5.76. The molecule has 56 valence electrons. The lowest BCUT2D eigenvalue weighted by atomic mass is 10.1. The lowest BCUT2D eigenvalue weighted by Gasteiger charge is -2.19. The van der Waals surface area contributed by atoms with E-state index < -0.39 is 11.8 Å². The molecule has 0 saturated heterocycles. The van der Waals surface area contributed by atoms with Crippen LogP contribution in [0.15, 0.2) is 17.3 Å². The summed E-state index contributed by atoms with van der Waals surface area (Å²) >= 11 is 0. The molecule has 0 aromatic rings. The van der Waals surface area contributed by atoms with Gasteiger partial charge in [-0.3, -0.25) is 4.99 Å². The number of nitrogens with zero attached hydrogens (tertiary/aromatic N) is 1. The Bertz CT molecular complexity index is 182. The third kappa shape index (κ3) is 0.923. The zero-order valence-electron chi connectivity index (χ0n) is 4.76. The topological polar surface area (TPSA) is 32.6 Å². The van der Waals surface area contributed by atoms with Crippen molar-refractivity contribution in [2.75, 3.05) is 0 Å². The molecule has 0 saturated carbocycles. The van der Waals surface area contributed by atoms with Gasteiger partial charge in [0.25, 0.3) is 0 Å². The number of hydrogen-bond donors (Lipinski definition) is 1. The van der Waals surface area contributed by atoms with Crippen molar-refractivity contribution in [2.45, 2.75) is 11.8 Å². The molecular formula is C5H4F3NO. The van der Waals surface area contributed by atoms with Crippen LogP contribution in [0.4, 0.5) is 13.2 Å². The Morgan fingerprint density at radius 2 is 2.00 bits per heavy atom. The zero-order chi connectivity index (χ0) is 7.83. The van der Waals surface area contributed by atoms with Gasteiger partial charge in [0, 0.05) is 12.4 Å². The third-order valence-electron chi connectivity index (χ3n) is 1.14. The Kier molecular flexibility index (Phi) is 1.32. The zero-order valence-corrected chi connectivity index (χ0v) is 4.76. The van der Waals surface area contributed by atoms with E-state index in [-0.39, 0.29) is 0 Å². The Balaban J connectivity index is 2.90. The average Bonchev–Trinajstić information content (AvgIpc) is 2.13. The summed E-state index contributed by atoms with van der Waals surface area (Å²) in [6.07, 6.45) is -2.71. The predicted molar refractivity (Wildman–Crippen MR) is 28.6 cm³/mol. The van der Waals surface area contributed by atoms with Crippen LogP contribution >= 0.6 is 0 Å². The van der Waals surface area contributed by atoms with Gasteiger partial charge >= 0.3 is 6.18 Å². The minimum absolute atomic E-state index is 0.451. The van der Waals surface area contributed by atoms with Gasteiger partial charge in [0.2, 0.25) is 5.60 Å². The molecule has 0 aromatic heterocycles. The van der Waals surface area contributed by atoms with Crippen LogP contribution in [0.5, 0.6) is 0 Å². The van der Waals surface area contributed by atoms with Crippen molar-refractivity contribution in [1.82, 2.24) is 0 Å². The summed E-state index contributed by atoms with van der Waals surface area (Å²) in [5.74, 6) is 0. The second kappa shape index (κ2) is 1.82. The fourth-order valence-electron chi connectivity index (χ4n) is 0.524. The first-order valence-corrected chi connectivity index (χ1v) is 2.47. The van der Waals surface area contributed by atoms with Crippen molar-refractivity contribution < 1.29 is 18.3 Å². The summed E-state index contributed by atoms with van der Waals surface area (Å²) in [6, 6.07) is 0. The highest BCUT2D eigenvalue weighted by Crippen LogP contribution is 2.31. The summed E-state index contributed by atoms with van der Waals surface area (Å²) < 4.78 is 35.3. The Morgan fingerprint density at radius 1 is 1.40 bits per heavy atom. The van der Waals surface area contributed by atoms with Gasteiger partial charge in [0.05, 0.1) is 0 Å². The largest absolute Gasteiger partial charge is 0.426 e. The monoisotopic (exact) mass is 151 g/mol. The predicted octanol–water partition coefficient (Wildman–Crippen LogP) is 0.878. The van der Waals surface area contributed by atoms with E-state index in [0.29, 0.717) is 12.3 Å². The van der Waals surface area contributed by atoms with Gasteiger partial charge in [0.1, 0.15) is 0 Å². The summed E-state index contributed by atoms with van der Waals surface area (Å²) in [7, 11) is 0. The van der Waals surface area contributed by atoms with E-state index in [4.69, 9.17) is 5.11 Å². The molecule has 5 heteroatoms. The van der Waals surface area contributed by atoms with E-state index >= 15 is 0 Å². The molecule has 0 bridgehead atoms. The van der Waals surface area contributed by atoms with Gasteiger partial charge in [-0.05, 0) is 6.08 Å². The minimum atomic E-state index is -4.66. The van der Waals surface area contributed by atoms with Crippen molar-refractivity contribution in [3.63, 3.8) is 0 Å². The van der Waals surface area contributed by atoms with Crippen LogP contribution in [0.3, 0.4) is 0 Å². The van der Waals surface area contributed by atoms with Gasteiger partial charge in [-0.2, -0.15) is 13.2 Å². The van der Waals surface area contributed by atoms with E-state index in [1.165, 1.54) is 0 Å². The van der Waals surface area contributed by atoms with Crippen LogP contribution in [-0.4, -0.2) is 23.1 Å². The summed E-state index contributed by atoms with van der Waals surface area (Å²) in [6.45, 7) is 0. The van der Waals surface area contributed by atoms with Crippen LogP contribution < -0.4 is 0 Å². The first-order valence-electron chi connectivity index (χ1n) is 2.47. The second-order valence-corrected chi connectivity index (χ2v) is 1.92. The lowest BCUT2D eigenvalue weighted by Crippen LogP contribution is -2.43. The van der Waals surface area contributed by atoms with E-state index in [9.17, 15) is 13.2 Å². The van der Waals surface area contributed by atoms with Crippen LogP contribution in [0.25, 0.3) is 0 Å². The molecule has 0 radical (unpaired) electrons. The molecule has 1 rings (SSSR count). The molecule has 10 heavy (non-hydrogen) atoms. The van der Waals surface area contributed by atoms with E-state index in [2.05, 4.69) is 4.99 Å². The number of aliphatic imine (C=N–C) groups is 1. The first-order chi connectivity index (χ1) is 4.46. The lowest BCUT2D eigenvalue weighted by molar-refractivity contribution is -0.209. The molecule has 2 nitrogen and oxygen atoms in total. The van der Waals surface area contributed by atoms with Crippen molar-refractivity contribution in [2.24, 2.45) is 4.99 Å². The van der Waals surface area contributed by atoms with Crippen LogP contribution in [0, 0.1) is 0 Å². The Hall–Kier alpha value is -0.840.